The number of anilines is 1. The first-order valence-corrected chi connectivity index (χ1v) is 7.64. The molecule has 0 fully saturated rings. The number of hydrogen-bond donors (Lipinski definition) is 1. The van der Waals surface area contributed by atoms with Crippen molar-refractivity contribution in [2.75, 3.05) is 5.32 Å². The molecule has 0 radical (unpaired) electrons. The Hall–Kier alpha value is -3.55. The molecule has 2 aromatic heterocycles. The van der Waals surface area contributed by atoms with Crippen LogP contribution in [0.3, 0.4) is 0 Å². The highest BCUT2D eigenvalue weighted by Crippen LogP contribution is 2.24. The van der Waals surface area contributed by atoms with Gasteiger partial charge in [0.15, 0.2) is 0 Å². The quantitative estimate of drug-likeness (QED) is 0.613. The average molecular weight is 355 g/mol. The molecule has 0 saturated carbocycles. The number of para-hydroxylation sites is 1. The smallest absolute Gasteiger partial charge is 0.297 e. The molecule has 4 rings (SSSR count). The number of nitrogens with one attached hydrogen (secondary N) is 1. The number of rotatable bonds is 3. The van der Waals surface area contributed by atoms with Crippen molar-refractivity contribution >= 4 is 33.7 Å². The van der Waals surface area contributed by atoms with Gasteiger partial charge in [0.2, 0.25) is 11.5 Å². The van der Waals surface area contributed by atoms with E-state index in [4.69, 9.17) is 4.42 Å². The SMILES string of the molecule is O=C(Cn1cnc2c(oc3ccccc32)c1=O)Nc1cc(F)cc(F)c1. The highest BCUT2D eigenvalue weighted by molar-refractivity contribution is 6.01. The molecule has 8 heteroatoms. The molecule has 130 valence electrons. The summed E-state index contributed by atoms with van der Waals surface area (Å²) in [6.07, 6.45) is 1.23. The first-order chi connectivity index (χ1) is 12.5. The molecule has 1 amide bonds. The van der Waals surface area contributed by atoms with E-state index in [1.807, 2.05) is 0 Å². The van der Waals surface area contributed by atoms with Crippen LogP contribution in [0.4, 0.5) is 14.5 Å². The lowest BCUT2D eigenvalue weighted by molar-refractivity contribution is -0.116. The second-order valence-electron chi connectivity index (χ2n) is 5.66. The van der Waals surface area contributed by atoms with Gasteiger partial charge in [-0.05, 0) is 24.3 Å². The zero-order valence-corrected chi connectivity index (χ0v) is 13.2. The van der Waals surface area contributed by atoms with Crippen LogP contribution in [0.15, 0.2) is 58.0 Å². The molecule has 0 aliphatic carbocycles. The number of hydrogen-bond acceptors (Lipinski definition) is 4. The largest absolute Gasteiger partial charge is 0.448 e. The van der Waals surface area contributed by atoms with Gasteiger partial charge in [-0.15, -0.1) is 0 Å². The van der Waals surface area contributed by atoms with Crippen molar-refractivity contribution in [2.24, 2.45) is 0 Å². The Labute approximate surface area is 144 Å². The van der Waals surface area contributed by atoms with Crippen LogP contribution in [0.25, 0.3) is 22.1 Å². The Kier molecular flexibility index (Phi) is 3.72. The molecule has 6 nitrogen and oxygen atoms in total. The zero-order chi connectivity index (χ0) is 18.3. The van der Waals surface area contributed by atoms with Crippen LogP contribution >= 0.6 is 0 Å². The third-order valence-electron chi connectivity index (χ3n) is 3.81. The van der Waals surface area contributed by atoms with Crippen molar-refractivity contribution < 1.29 is 18.0 Å². The molecule has 0 spiro atoms. The lowest BCUT2D eigenvalue weighted by Crippen LogP contribution is -2.27. The van der Waals surface area contributed by atoms with Gasteiger partial charge in [0, 0.05) is 17.1 Å². The van der Waals surface area contributed by atoms with E-state index in [1.54, 1.807) is 24.3 Å². The van der Waals surface area contributed by atoms with Crippen molar-refractivity contribution in [3.8, 4) is 0 Å². The molecule has 4 aromatic rings. The van der Waals surface area contributed by atoms with Crippen molar-refractivity contribution in [3.63, 3.8) is 0 Å². The minimum Gasteiger partial charge on any atom is -0.448 e. The van der Waals surface area contributed by atoms with E-state index in [9.17, 15) is 18.4 Å². The van der Waals surface area contributed by atoms with Gasteiger partial charge in [-0.2, -0.15) is 0 Å². The van der Waals surface area contributed by atoms with E-state index in [-0.39, 0.29) is 17.8 Å². The van der Waals surface area contributed by atoms with Crippen molar-refractivity contribution in [1.29, 1.82) is 0 Å². The third-order valence-corrected chi connectivity index (χ3v) is 3.81. The van der Waals surface area contributed by atoms with Crippen molar-refractivity contribution in [1.82, 2.24) is 9.55 Å². The summed E-state index contributed by atoms with van der Waals surface area (Å²) in [5.41, 5.74) is 0.405. The number of aromatic nitrogens is 2. The number of carbonyl (C=O) groups is 1. The van der Waals surface area contributed by atoms with E-state index >= 15 is 0 Å². The van der Waals surface area contributed by atoms with Gasteiger partial charge in [-0.1, -0.05) is 12.1 Å². The number of amides is 1. The van der Waals surface area contributed by atoms with Crippen LogP contribution in [0, 0.1) is 11.6 Å². The summed E-state index contributed by atoms with van der Waals surface area (Å²) in [7, 11) is 0. The first-order valence-electron chi connectivity index (χ1n) is 7.64. The Bertz CT molecular complexity index is 1190. The first kappa shape index (κ1) is 15.9. The van der Waals surface area contributed by atoms with Crippen LogP contribution in [-0.2, 0) is 11.3 Å². The predicted molar refractivity (Wildman–Crippen MR) is 90.8 cm³/mol. The molecule has 0 atom stereocenters. The molecular formula is C18H11F2N3O3. The predicted octanol–water partition coefficient (Wildman–Crippen LogP) is 3.06. The van der Waals surface area contributed by atoms with E-state index in [1.165, 1.54) is 6.33 Å². The van der Waals surface area contributed by atoms with Gasteiger partial charge in [-0.3, -0.25) is 14.2 Å². The fraction of sp³-hybridized carbons (Fsp3) is 0.0556. The van der Waals surface area contributed by atoms with Crippen LogP contribution < -0.4 is 10.9 Å². The molecule has 0 aliphatic heterocycles. The normalized spacial score (nSPS) is 11.2. The molecule has 0 unspecified atom stereocenters. The molecule has 2 aromatic carbocycles. The molecule has 26 heavy (non-hydrogen) atoms. The van der Waals surface area contributed by atoms with Gasteiger partial charge < -0.3 is 9.73 Å². The highest BCUT2D eigenvalue weighted by atomic mass is 19.1. The standard InChI is InChI=1S/C18H11F2N3O3/c19-10-5-11(20)7-12(6-10)22-15(24)8-23-9-21-16-13-3-1-2-4-14(13)26-17(16)18(23)25/h1-7,9H,8H2,(H,22,24). The zero-order valence-electron chi connectivity index (χ0n) is 13.2. The Morgan fingerprint density at radius 2 is 1.88 bits per heavy atom. The minimum absolute atomic E-state index is 0.0401. The van der Waals surface area contributed by atoms with E-state index in [0.717, 1.165) is 16.7 Å². The Balaban J connectivity index is 1.64. The van der Waals surface area contributed by atoms with Gasteiger partial charge >= 0.3 is 0 Å². The van der Waals surface area contributed by atoms with Crippen molar-refractivity contribution in [2.45, 2.75) is 6.54 Å². The number of halogens is 2. The van der Waals surface area contributed by atoms with E-state index in [0.29, 0.717) is 22.6 Å². The van der Waals surface area contributed by atoms with E-state index < -0.39 is 23.1 Å². The van der Waals surface area contributed by atoms with Crippen LogP contribution in [0.2, 0.25) is 0 Å². The topological polar surface area (TPSA) is 77.1 Å². The highest BCUT2D eigenvalue weighted by Gasteiger charge is 2.15. The summed E-state index contributed by atoms with van der Waals surface area (Å²) in [4.78, 5) is 28.8. The van der Waals surface area contributed by atoms with Gasteiger partial charge in [-0.25, -0.2) is 13.8 Å². The van der Waals surface area contributed by atoms with Crippen molar-refractivity contribution in [3.05, 3.63) is 70.8 Å². The molecule has 1 N–H and O–H groups in total. The van der Waals surface area contributed by atoms with Gasteiger partial charge in [0.05, 0.1) is 6.33 Å². The number of nitrogens with zero attached hydrogens (tertiary/aromatic N) is 2. The molecular weight excluding hydrogens is 344 g/mol. The molecule has 0 saturated heterocycles. The maximum absolute atomic E-state index is 13.2. The Morgan fingerprint density at radius 1 is 1.15 bits per heavy atom. The molecule has 2 heterocycles. The summed E-state index contributed by atoms with van der Waals surface area (Å²) in [5, 5.41) is 3.04. The van der Waals surface area contributed by atoms with Crippen LogP contribution in [0.5, 0.6) is 0 Å². The maximum Gasteiger partial charge on any atom is 0.297 e. The number of carbonyl (C=O) groups excluding carboxylic acids is 1. The fourth-order valence-corrected chi connectivity index (χ4v) is 2.71. The number of fused-ring (bicyclic) bond motifs is 3. The maximum atomic E-state index is 13.2. The average Bonchev–Trinajstić information content (AvgIpc) is 2.96. The second kappa shape index (κ2) is 6.07. The number of benzene rings is 2. The summed E-state index contributed by atoms with van der Waals surface area (Å²) in [6.45, 7) is -0.378. The fourth-order valence-electron chi connectivity index (χ4n) is 2.71. The molecule has 0 bridgehead atoms. The lowest BCUT2D eigenvalue weighted by Gasteiger charge is -2.07. The van der Waals surface area contributed by atoms with Crippen LogP contribution in [-0.4, -0.2) is 15.5 Å². The van der Waals surface area contributed by atoms with Crippen LogP contribution in [0.1, 0.15) is 0 Å². The van der Waals surface area contributed by atoms with Gasteiger partial charge in [0.25, 0.3) is 5.56 Å². The lowest BCUT2D eigenvalue weighted by atomic mass is 10.2. The summed E-state index contributed by atoms with van der Waals surface area (Å²) >= 11 is 0. The Morgan fingerprint density at radius 3 is 2.65 bits per heavy atom. The summed E-state index contributed by atoms with van der Waals surface area (Å²) in [5.74, 6) is -2.26. The monoisotopic (exact) mass is 355 g/mol. The summed E-state index contributed by atoms with van der Waals surface area (Å²) in [6, 6.07) is 9.72. The van der Waals surface area contributed by atoms with E-state index in [2.05, 4.69) is 10.3 Å². The molecule has 0 aliphatic rings. The number of furan rings is 1. The second-order valence-corrected chi connectivity index (χ2v) is 5.66. The van der Waals surface area contributed by atoms with Gasteiger partial charge in [0.1, 0.15) is 29.3 Å². The third kappa shape index (κ3) is 2.81. The minimum atomic E-state index is -0.817. The summed E-state index contributed by atoms with van der Waals surface area (Å²) < 4.78 is 32.9.